The largest absolute Gasteiger partial charge is 0.495 e. The molecule has 1 nitrogen and oxygen atoms in total. The Hall–Kier alpha value is -0.0300. The van der Waals surface area contributed by atoms with E-state index in [0.717, 1.165) is 22.7 Å². The first kappa shape index (κ1) is 23.0. The van der Waals surface area contributed by atoms with Crippen LogP contribution in [0.1, 0.15) is 77.2 Å². The Morgan fingerprint density at radius 3 is 2.36 bits per heavy atom. The van der Waals surface area contributed by atoms with Gasteiger partial charge in [0.05, 0.1) is 7.11 Å². The maximum atomic E-state index is 14.3. The molecule has 0 N–H and O–H groups in total. The van der Waals surface area contributed by atoms with Crippen molar-refractivity contribution in [1.82, 2.24) is 0 Å². The molecule has 0 aromatic heterocycles. The van der Waals surface area contributed by atoms with E-state index in [1.54, 1.807) is 12.1 Å². The first-order valence-electron chi connectivity index (χ1n) is 9.68. The van der Waals surface area contributed by atoms with Gasteiger partial charge in [0.2, 0.25) is 0 Å². The number of aryl methyl sites for hydroxylation is 1. The Morgan fingerprint density at radius 2 is 1.72 bits per heavy atom. The molecule has 1 aromatic rings. The summed E-state index contributed by atoms with van der Waals surface area (Å²) in [6.07, 6.45) is 12.0. The number of benzene rings is 1. The van der Waals surface area contributed by atoms with Crippen LogP contribution in [-0.2, 0) is 6.42 Å². The van der Waals surface area contributed by atoms with Crippen molar-refractivity contribution in [2.75, 3.05) is 7.11 Å². The molecule has 2 unspecified atom stereocenters. The molecule has 0 bridgehead atoms. The predicted molar refractivity (Wildman–Crippen MR) is 116 cm³/mol. The van der Waals surface area contributed by atoms with E-state index in [9.17, 15) is 4.39 Å². The molecule has 0 aliphatic rings. The van der Waals surface area contributed by atoms with Crippen molar-refractivity contribution in [2.45, 2.75) is 82.0 Å². The molecule has 0 fully saturated rings. The fourth-order valence-electron chi connectivity index (χ4n) is 3.43. The normalized spacial score (nSPS) is 13.7. The summed E-state index contributed by atoms with van der Waals surface area (Å²) in [5, 5.41) is 0.106. The molecule has 0 saturated carbocycles. The van der Waals surface area contributed by atoms with Gasteiger partial charge in [-0.3, -0.25) is 0 Å². The first-order valence-corrected chi connectivity index (χ1v) is 11.3. The van der Waals surface area contributed by atoms with Crippen molar-refractivity contribution in [2.24, 2.45) is 5.92 Å². The van der Waals surface area contributed by atoms with Gasteiger partial charge in [-0.15, -0.1) is 0 Å². The molecule has 4 heteroatoms. The van der Waals surface area contributed by atoms with Crippen molar-refractivity contribution in [3.8, 4) is 5.75 Å². The SMILES string of the molecule is CCCC(I)CCCC(CCC)CCCc1ccc(OC)c(Cl)c1F. The van der Waals surface area contributed by atoms with Crippen LogP contribution < -0.4 is 4.74 Å². The van der Waals surface area contributed by atoms with Crippen LogP contribution >= 0.6 is 34.2 Å². The minimum absolute atomic E-state index is 0.106. The van der Waals surface area contributed by atoms with Gasteiger partial charge < -0.3 is 4.74 Å². The molecule has 0 radical (unpaired) electrons. The van der Waals surface area contributed by atoms with E-state index < -0.39 is 0 Å². The lowest BCUT2D eigenvalue weighted by Gasteiger charge is -2.17. The van der Waals surface area contributed by atoms with E-state index in [0.29, 0.717) is 11.3 Å². The molecule has 1 aromatic carbocycles. The molecule has 144 valence electrons. The van der Waals surface area contributed by atoms with Crippen LogP contribution in [0.4, 0.5) is 4.39 Å². The second kappa shape index (κ2) is 13.2. The summed E-state index contributed by atoms with van der Waals surface area (Å²) in [6, 6.07) is 3.57. The predicted octanol–water partition coefficient (Wildman–Crippen LogP) is 8.00. The molecular formula is C21H33ClFIO. The molecular weight excluding hydrogens is 450 g/mol. The lowest BCUT2D eigenvalue weighted by molar-refractivity contribution is 0.386. The van der Waals surface area contributed by atoms with Crippen molar-refractivity contribution >= 4 is 34.2 Å². The summed E-state index contributed by atoms with van der Waals surface area (Å²) >= 11 is 8.61. The maximum absolute atomic E-state index is 14.3. The lowest BCUT2D eigenvalue weighted by atomic mass is 9.90. The fourth-order valence-corrected chi connectivity index (χ4v) is 4.76. The zero-order chi connectivity index (χ0) is 18.7. The molecule has 2 atom stereocenters. The lowest BCUT2D eigenvalue weighted by Crippen LogP contribution is -2.04. The molecule has 0 aliphatic heterocycles. The van der Waals surface area contributed by atoms with Crippen molar-refractivity contribution < 1.29 is 9.13 Å². The zero-order valence-corrected chi connectivity index (χ0v) is 18.8. The molecule has 1 rings (SSSR count). The minimum atomic E-state index is -0.319. The van der Waals surface area contributed by atoms with Gasteiger partial charge >= 0.3 is 0 Å². The Kier molecular flexibility index (Phi) is 12.1. The smallest absolute Gasteiger partial charge is 0.148 e. The Labute approximate surface area is 172 Å². The van der Waals surface area contributed by atoms with Crippen LogP contribution in [0.25, 0.3) is 0 Å². The number of halogens is 3. The summed E-state index contributed by atoms with van der Waals surface area (Å²) in [5.41, 5.74) is 0.705. The van der Waals surface area contributed by atoms with Crippen LogP contribution in [0.5, 0.6) is 5.75 Å². The fraction of sp³-hybridized carbons (Fsp3) is 0.714. The van der Waals surface area contributed by atoms with Crippen molar-refractivity contribution in [1.29, 1.82) is 0 Å². The summed E-state index contributed by atoms with van der Waals surface area (Å²) < 4.78 is 20.2. The molecule has 0 spiro atoms. The Bertz CT molecular complexity index is 495. The van der Waals surface area contributed by atoms with E-state index in [1.807, 2.05) is 0 Å². The number of ether oxygens (including phenoxy) is 1. The van der Waals surface area contributed by atoms with Crippen LogP contribution in [0.2, 0.25) is 5.02 Å². The van der Waals surface area contributed by atoms with Crippen LogP contribution in [0.3, 0.4) is 0 Å². The number of hydrogen-bond donors (Lipinski definition) is 0. The third kappa shape index (κ3) is 8.47. The highest BCUT2D eigenvalue weighted by atomic mass is 127. The summed E-state index contributed by atoms with van der Waals surface area (Å²) in [6.45, 7) is 4.52. The van der Waals surface area contributed by atoms with Crippen molar-refractivity contribution in [3.63, 3.8) is 0 Å². The Morgan fingerprint density at radius 1 is 1.04 bits per heavy atom. The van der Waals surface area contributed by atoms with Crippen molar-refractivity contribution in [3.05, 3.63) is 28.5 Å². The highest BCUT2D eigenvalue weighted by Gasteiger charge is 2.14. The highest BCUT2D eigenvalue weighted by Crippen LogP contribution is 2.31. The maximum Gasteiger partial charge on any atom is 0.148 e. The quantitative estimate of drug-likeness (QED) is 0.204. The van der Waals surface area contributed by atoms with Gasteiger partial charge in [0.15, 0.2) is 0 Å². The van der Waals surface area contributed by atoms with Gasteiger partial charge in [-0.25, -0.2) is 4.39 Å². The number of rotatable bonds is 13. The topological polar surface area (TPSA) is 9.23 Å². The summed E-state index contributed by atoms with van der Waals surface area (Å²) in [4.78, 5) is 0. The average molecular weight is 483 g/mol. The van der Waals surface area contributed by atoms with E-state index in [4.69, 9.17) is 16.3 Å². The zero-order valence-electron chi connectivity index (χ0n) is 15.9. The van der Waals surface area contributed by atoms with Gasteiger partial charge in [0.1, 0.15) is 16.6 Å². The second-order valence-corrected chi connectivity index (χ2v) is 9.06. The second-order valence-electron chi connectivity index (χ2n) is 6.92. The summed E-state index contributed by atoms with van der Waals surface area (Å²) in [5.74, 6) is 0.861. The average Bonchev–Trinajstić information content (AvgIpc) is 2.59. The Balaban J connectivity index is 2.43. The number of methoxy groups -OCH3 is 1. The molecule has 0 saturated heterocycles. The molecule has 0 heterocycles. The highest BCUT2D eigenvalue weighted by molar-refractivity contribution is 14.1. The van der Waals surface area contributed by atoms with Crippen LogP contribution in [0.15, 0.2) is 12.1 Å². The van der Waals surface area contributed by atoms with Gasteiger partial charge in [-0.1, -0.05) is 92.6 Å². The van der Waals surface area contributed by atoms with E-state index in [2.05, 4.69) is 36.4 Å². The minimum Gasteiger partial charge on any atom is -0.495 e. The van der Waals surface area contributed by atoms with Crippen LogP contribution in [0, 0.1) is 11.7 Å². The third-order valence-electron chi connectivity index (χ3n) is 4.83. The van der Waals surface area contributed by atoms with Gasteiger partial charge in [0.25, 0.3) is 0 Å². The molecule has 0 amide bonds. The van der Waals surface area contributed by atoms with E-state index in [1.165, 1.54) is 58.5 Å². The van der Waals surface area contributed by atoms with Crippen LogP contribution in [-0.4, -0.2) is 11.0 Å². The monoisotopic (exact) mass is 482 g/mol. The van der Waals surface area contributed by atoms with E-state index >= 15 is 0 Å². The van der Waals surface area contributed by atoms with E-state index in [-0.39, 0.29) is 10.8 Å². The first-order chi connectivity index (χ1) is 12.0. The third-order valence-corrected chi connectivity index (χ3v) is 6.43. The van der Waals surface area contributed by atoms with Gasteiger partial charge in [-0.2, -0.15) is 0 Å². The summed E-state index contributed by atoms with van der Waals surface area (Å²) in [7, 11) is 1.51. The number of alkyl halides is 1. The standard InChI is InChI=1S/C21H33ClFIO/c1-4-8-16(11-7-13-18(24)9-5-2)10-6-12-17-14-15-19(25-3)20(22)21(17)23/h14-16,18H,4-13H2,1-3H3. The van der Waals surface area contributed by atoms with Gasteiger partial charge in [0, 0.05) is 3.92 Å². The van der Waals surface area contributed by atoms with Gasteiger partial charge in [-0.05, 0) is 43.2 Å². The molecule has 25 heavy (non-hydrogen) atoms. The molecule has 0 aliphatic carbocycles. The number of hydrogen-bond acceptors (Lipinski definition) is 1.